The van der Waals surface area contributed by atoms with Crippen molar-refractivity contribution < 1.29 is 27.5 Å². The number of esters is 1. The molecule has 0 radical (unpaired) electrons. The lowest BCUT2D eigenvalue weighted by Crippen LogP contribution is -2.49. The number of carbonyl (C=O) groups excluding carboxylic acids is 2. The van der Waals surface area contributed by atoms with Crippen LogP contribution >= 0.6 is 0 Å². The van der Waals surface area contributed by atoms with Crippen molar-refractivity contribution in [1.29, 1.82) is 0 Å². The Bertz CT molecular complexity index is 1010. The van der Waals surface area contributed by atoms with E-state index in [9.17, 15) is 18.0 Å². The lowest BCUT2D eigenvalue weighted by Gasteiger charge is -2.33. The van der Waals surface area contributed by atoms with Gasteiger partial charge in [0.1, 0.15) is 12.4 Å². The van der Waals surface area contributed by atoms with Gasteiger partial charge in [-0.15, -0.1) is 0 Å². The van der Waals surface area contributed by atoms with Crippen LogP contribution in [-0.2, 0) is 14.8 Å². The van der Waals surface area contributed by atoms with Crippen LogP contribution in [0, 0.1) is 0 Å². The van der Waals surface area contributed by atoms with Crippen LogP contribution in [0.1, 0.15) is 27.6 Å². The molecule has 0 aliphatic carbocycles. The fraction of sp³-hybridized carbons (Fsp3) is 0.364. The van der Waals surface area contributed by atoms with Gasteiger partial charge in [-0.3, -0.25) is 9.69 Å². The van der Waals surface area contributed by atoms with E-state index < -0.39 is 16.0 Å². The number of benzene rings is 2. The average molecular weight is 447 g/mol. The van der Waals surface area contributed by atoms with Crippen LogP contribution in [0.5, 0.6) is 5.75 Å². The van der Waals surface area contributed by atoms with Gasteiger partial charge in [0.25, 0.3) is 0 Å². The molecule has 1 aliphatic rings. The van der Waals surface area contributed by atoms with E-state index in [4.69, 9.17) is 4.74 Å². The monoisotopic (exact) mass is 446 g/mol. The second kappa shape index (κ2) is 10.0. The Morgan fingerprint density at radius 1 is 0.903 bits per heavy atom. The molecule has 1 heterocycles. The van der Waals surface area contributed by atoms with Gasteiger partial charge in [-0.05, 0) is 43.3 Å². The Balaban J connectivity index is 1.47. The predicted octanol–water partition coefficient (Wildman–Crippen LogP) is 2.06. The van der Waals surface area contributed by atoms with Crippen molar-refractivity contribution >= 4 is 21.8 Å². The van der Waals surface area contributed by atoms with Gasteiger partial charge in [-0.1, -0.05) is 12.1 Å². The van der Waals surface area contributed by atoms with E-state index in [2.05, 4.69) is 9.64 Å². The number of methoxy groups -OCH3 is 1. The summed E-state index contributed by atoms with van der Waals surface area (Å²) < 4.78 is 37.5. The quantitative estimate of drug-likeness (QED) is 0.453. The summed E-state index contributed by atoms with van der Waals surface area (Å²) >= 11 is 0. The number of ether oxygens (including phenoxy) is 2. The molecule has 31 heavy (non-hydrogen) atoms. The van der Waals surface area contributed by atoms with Crippen molar-refractivity contribution in [2.24, 2.45) is 0 Å². The Labute approximate surface area is 182 Å². The number of rotatable bonds is 8. The van der Waals surface area contributed by atoms with Crippen LogP contribution in [-0.4, -0.2) is 75.8 Å². The molecule has 0 N–H and O–H groups in total. The highest BCUT2D eigenvalue weighted by molar-refractivity contribution is 7.89. The summed E-state index contributed by atoms with van der Waals surface area (Å²) in [5.74, 6) is 0.163. The maximum Gasteiger partial charge on any atom is 0.337 e. The van der Waals surface area contributed by atoms with E-state index >= 15 is 0 Å². The smallest absolute Gasteiger partial charge is 0.337 e. The van der Waals surface area contributed by atoms with Gasteiger partial charge in [0.05, 0.1) is 17.6 Å². The number of carbonyl (C=O) groups is 2. The summed E-state index contributed by atoms with van der Waals surface area (Å²) in [5, 5.41) is 0. The Morgan fingerprint density at radius 2 is 1.48 bits per heavy atom. The van der Waals surface area contributed by atoms with Crippen LogP contribution in [0.2, 0.25) is 0 Å². The molecule has 1 saturated heterocycles. The molecule has 1 aliphatic heterocycles. The number of ketones is 1. The van der Waals surface area contributed by atoms with E-state index in [1.54, 1.807) is 36.4 Å². The molecule has 0 aromatic heterocycles. The van der Waals surface area contributed by atoms with Crippen molar-refractivity contribution in [2.75, 3.05) is 46.4 Å². The fourth-order valence-corrected chi connectivity index (χ4v) is 4.72. The topological polar surface area (TPSA) is 93.2 Å². The van der Waals surface area contributed by atoms with Crippen LogP contribution in [0.15, 0.2) is 53.4 Å². The highest BCUT2D eigenvalue weighted by Gasteiger charge is 2.28. The molecule has 0 bridgehead atoms. The SMILES string of the molecule is COC(=O)c1ccc(OCCN2CCN(S(=O)(=O)c3ccc(C(C)=O)cc3)CC2)cc1. The number of nitrogens with zero attached hydrogens (tertiary/aromatic N) is 2. The van der Waals surface area contributed by atoms with Gasteiger partial charge in [0.2, 0.25) is 10.0 Å². The van der Waals surface area contributed by atoms with Gasteiger partial charge < -0.3 is 9.47 Å². The van der Waals surface area contributed by atoms with Gasteiger partial charge in [-0.25, -0.2) is 13.2 Å². The average Bonchev–Trinajstić information content (AvgIpc) is 2.79. The molecular formula is C22H26N2O6S. The molecule has 0 saturated carbocycles. The van der Waals surface area contributed by atoms with Crippen LogP contribution in [0.25, 0.3) is 0 Å². The third-order valence-electron chi connectivity index (χ3n) is 5.18. The molecular weight excluding hydrogens is 420 g/mol. The second-order valence-electron chi connectivity index (χ2n) is 7.19. The molecule has 2 aromatic carbocycles. The van der Waals surface area contributed by atoms with E-state index in [1.807, 2.05) is 0 Å². The number of hydrogen-bond acceptors (Lipinski definition) is 7. The number of sulfonamides is 1. The van der Waals surface area contributed by atoms with Gasteiger partial charge in [0, 0.05) is 38.3 Å². The molecule has 8 nitrogen and oxygen atoms in total. The van der Waals surface area contributed by atoms with Crippen molar-refractivity contribution in [1.82, 2.24) is 9.21 Å². The first kappa shape index (κ1) is 22.9. The molecule has 0 atom stereocenters. The summed E-state index contributed by atoms with van der Waals surface area (Å²) in [6.45, 7) is 4.57. The zero-order valence-corrected chi connectivity index (χ0v) is 18.4. The summed E-state index contributed by atoms with van der Waals surface area (Å²) in [6, 6.07) is 12.8. The van der Waals surface area contributed by atoms with Gasteiger partial charge >= 0.3 is 5.97 Å². The number of hydrogen-bond donors (Lipinski definition) is 0. The lowest BCUT2D eigenvalue weighted by molar-refractivity contribution is 0.0600. The predicted molar refractivity (Wildman–Crippen MR) is 115 cm³/mol. The largest absolute Gasteiger partial charge is 0.492 e. The van der Waals surface area contributed by atoms with Crippen molar-refractivity contribution in [3.8, 4) is 5.75 Å². The molecule has 0 unspecified atom stereocenters. The van der Waals surface area contributed by atoms with Crippen molar-refractivity contribution in [3.05, 3.63) is 59.7 Å². The third-order valence-corrected chi connectivity index (χ3v) is 7.09. The van der Waals surface area contributed by atoms with Crippen molar-refractivity contribution in [3.63, 3.8) is 0 Å². The fourth-order valence-electron chi connectivity index (χ4n) is 3.30. The van der Waals surface area contributed by atoms with E-state index in [1.165, 1.54) is 30.5 Å². The van der Waals surface area contributed by atoms with Gasteiger partial charge in [-0.2, -0.15) is 4.31 Å². The maximum atomic E-state index is 12.8. The van der Waals surface area contributed by atoms with Crippen molar-refractivity contribution in [2.45, 2.75) is 11.8 Å². The van der Waals surface area contributed by atoms with E-state index in [-0.39, 0.29) is 10.7 Å². The zero-order chi connectivity index (χ0) is 22.4. The molecule has 9 heteroatoms. The minimum Gasteiger partial charge on any atom is -0.492 e. The summed E-state index contributed by atoms with van der Waals surface area (Å²) in [4.78, 5) is 25.2. The van der Waals surface area contributed by atoms with E-state index in [0.717, 1.165) is 0 Å². The zero-order valence-electron chi connectivity index (χ0n) is 17.6. The minimum absolute atomic E-state index is 0.0980. The molecule has 0 amide bonds. The third kappa shape index (κ3) is 5.69. The Hall–Kier alpha value is -2.75. The molecule has 3 rings (SSSR count). The van der Waals surface area contributed by atoms with E-state index in [0.29, 0.717) is 56.2 Å². The van der Waals surface area contributed by atoms with Gasteiger partial charge in [0.15, 0.2) is 5.78 Å². The summed E-state index contributed by atoms with van der Waals surface area (Å²) in [7, 11) is -2.24. The minimum atomic E-state index is -3.58. The first-order valence-electron chi connectivity index (χ1n) is 9.96. The number of piperazine rings is 1. The highest BCUT2D eigenvalue weighted by atomic mass is 32.2. The maximum absolute atomic E-state index is 12.8. The lowest BCUT2D eigenvalue weighted by atomic mass is 10.2. The summed E-state index contributed by atoms with van der Waals surface area (Å²) in [5.41, 5.74) is 0.951. The highest BCUT2D eigenvalue weighted by Crippen LogP contribution is 2.19. The molecule has 2 aromatic rings. The van der Waals surface area contributed by atoms with Crippen LogP contribution in [0.3, 0.4) is 0 Å². The molecule has 166 valence electrons. The Kier molecular flexibility index (Phi) is 7.42. The van der Waals surface area contributed by atoms with Crippen LogP contribution < -0.4 is 4.74 Å². The van der Waals surface area contributed by atoms with Crippen LogP contribution in [0.4, 0.5) is 0 Å². The second-order valence-corrected chi connectivity index (χ2v) is 9.13. The Morgan fingerprint density at radius 3 is 2.03 bits per heavy atom. The number of Topliss-reactive ketones (excluding diaryl/α,β-unsaturated/α-hetero) is 1. The summed E-state index contributed by atoms with van der Waals surface area (Å²) in [6.07, 6.45) is 0. The first-order valence-corrected chi connectivity index (χ1v) is 11.4. The molecule has 0 spiro atoms. The first-order chi connectivity index (χ1) is 14.8. The normalized spacial score (nSPS) is 15.4. The molecule has 1 fully saturated rings. The standard InChI is InChI=1S/C22H26N2O6S/c1-17(25)18-5-9-21(10-6-18)31(27,28)24-13-11-23(12-14-24)15-16-30-20-7-3-19(4-8-20)22(26)29-2/h3-10H,11-16H2,1-2H3.